The molecule has 1 amide bonds. The Morgan fingerprint density at radius 1 is 1.23 bits per heavy atom. The average molecular weight is 300 g/mol. The molecule has 1 aromatic rings. The van der Waals surface area contributed by atoms with E-state index in [9.17, 15) is 4.79 Å². The van der Waals surface area contributed by atoms with Gasteiger partial charge in [0.2, 0.25) is 0 Å². The summed E-state index contributed by atoms with van der Waals surface area (Å²) >= 11 is 0. The zero-order valence-electron chi connectivity index (χ0n) is 13.9. The summed E-state index contributed by atoms with van der Waals surface area (Å²) in [6, 6.07) is 6.10. The smallest absolute Gasteiger partial charge is 0.251 e. The molecule has 0 radical (unpaired) electrons. The zero-order chi connectivity index (χ0) is 15.6. The molecule has 0 unspecified atom stereocenters. The number of hydrogen-bond donors (Lipinski definition) is 2. The van der Waals surface area contributed by atoms with E-state index in [1.165, 1.54) is 43.2 Å². The van der Waals surface area contributed by atoms with Crippen molar-refractivity contribution < 1.29 is 4.79 Å². The predicted molar refractivity (Wildman–Crippen MR) is 89.7 cm³/mol. The number of amides is 1. The van der Waals surface area contributed by atoms with Crippen LogP contribution in [0.3, 0.4) is 0 Å². The van der Waals surface area contributed by atoms with Crippen LogP contribution in [-0.2, 0) is 13.1 Å². The van der Waals surface area contributed by atoms with Crippen LogP contribution in [0.5, 0.6) is 0 Å². The Balaban J connectivity index is 1.64. The fourth-order valence-corrected chi connectivity index (χ4v) is 4.25. The van der Waals surface area contributed by atoms with E-state index >= 15 is 0 Å². The summed E-state index contributed by atoms with van der Waals surface area (Å²) in [6.45, 7) is 7.21. The Bertz CT molecular complexity index is 544. The lowest BCUT2D eigenvalue weighted by molar-refractivity contribution is 0.0921. The second-order valence-electron chi connectivity index (χ2n) is 7.57. The molecule has 22 heavy (non-hydrogen) atoms. The highest BCUT2D eigenvalue weighted by molar-refractivity contribution is 5.94. The molecule has 1 aliphatic heterocycles. The Hall–Kier alpha value is -1.35. The van der Waals surface area contributed by atoms with Gasteiger partial charge in [0, 0.05) is 25.2 Å². The molecule has 3 nitrogen and oxygen atoms in total. The van der Waals surface area contributed by atoms with Crippen molar-refractivity contribution in [3.05, 3.63) is 34.9 Å². The molecule has 2 N–H and O–H groups in total. The number of carbonyl (C=O) groups is 1. The molecule has 1 heterocycles. The highest BCUT2D eigenvalue weighted by Gasteiger charge is 2.34. The molecule has 0 bridgehead atoms. The maximum absolute atomic E-state index is 12.5. The molecular formula is C19H28N2O. The summed E-state index contributed by atoms with van der Waals surface area (Å²) in [6.07, 6.45) is 6.38. The van der Waals surface area contributed by atoms with Gasteiger partial charge in [-0.05, 0) is 53.9 Å². The fraction of sp³-hybridized carbons (Fsp3) is 0.632. The number of hydrogen-bond acceptors (Lipinski definition) is 2. The van der Waals surface area contributed by atoms with Crippen LogP contribution in [0.25, 0.3) is 0 Å². The van der Waals surface area contributed by atoms with Gasteiger partial charge < -0.3 is 10.6 Å². The van der Waals surface area contributed by atoms with Gasteiger partial charge in [-0.1, -0.05) is 32.8 Å². The first-order valence-corrected chi connectivity index (χ1v) is 8.69. The lowest BCUT2D eigenvalue weighted by Crippen LogP contribution is -2.36. The molecule has 3 heteroatoms. The summed E-state index contributed by atoms with van der Waals surface area (Å²) in [5.74, 6) is 0.783. The summed E-state index contributed by atoms with van der Waals surface area (Å²) in [5.41, 5.74) is 3.73. The van der Waals surface area contributed by atoms with Gasteiger partial charge >= 0.3 is 0 Å². The third-order valence-corrected chi connectivity index (χ3v) is 5.23. The van der Waals surface area contributed by atoms with E-state index in [0.29, 0.717) is 11.3 Å². The third kappa shape index (κ3) is 3.35. The van der Waals surface area contributed by atoms with Crippen molar-refractivity contribution in [2.24, 2.45) is 11.3 Å². The lowest BCUT2D eigenvalue weighted by atomic mass is 9.78. The minimum atomic E-state index is 0.0877. The SMILES string of the molecule is CC(C)CC1(CNC(=O)c2ccc3c(c2)CNC3)CCCC1. The van der Waals surface area contributed by atoms with Crippen LogP contribution in [0.2, 0.25) is 0 Å². The Morgan fingerprint density at radius 3 is 2.68 bits per heavy atom. The van der Waals surface area contributed by atoms with Crippen molar-refractivity contribution in [1.29, 1.82) is 0 Å². The molecule has 0 atom stereocenters. The van der Waals surface area contributed by atoms with Crippen LogP contribution in [0.15, 0.2) is 18.2 Å². The van der Waals surface area contributed by atoms with Crippen molar-refractivity contribution in [1.82, 2.24) is 10.6 Å². The van der Waals surface area contributed by atoms with Gasteiger partial charge in [-0.2, -0.15) is 0 Å². The number of fused-ring (bicyclic) bond motifs is 1. The van der Waals surface area contributed by atoms with Crippen molar-refractivity contribution in [3.8, 4) is 0 Å². The van der Waals surface area contributed by atoms with E-state index in [1.54, 1.807) is 0 Å². The largest absolute Gasteiger partial charge is 0.351 e. The van der Waals surface area contributed by atoms with Gasteiger partial charge in [-0.15, -0.1) is 0 Å². The van der Waals surface area contributed by atoms with Crippen molar-refractivity contribution in [2.75, 3.05) is 6.54 Å². The highest BCUT2D eigenvalue weighted by atomic mass is 16.1. The monoisotopic (exact) mass is 300 g/mol. The van der Waals surface area contributed by atoms with Gasteiger partial charge in [0.1, 0.15) is 0 Å². The first-order chi connectivity index (χ1) is 10.6. The maximum atomic E-state index is 12.5. The van der Waals surface area contributed by atoms with Crippen LogP contribution in [0.1, 0.15) is 67.4 Å². The zero-order valence-corrected chi connectivity index (χ0v) is 13.9. The second-order valence-corrected chi connectivity index (χ2v) is 7.57. The van der Waals surface area contributed by atoms with Crippen LogP contribution in [0, 0.1) is 11.3 Å². The van der Waals surface area contributed by atoms with Gasteiger partial charge in [-0.25, -0.2) is 0 Å². The topological polar surface area (TPSA) is 41.1 Å². The Kier molecular flexibility index (Phi) is 4.53. The molecule has 0 aromatic heterocycles. The van der Waals surface area contributed by atoms with Gasteiger partial charge in [0.15, 0.2) is 0 Å². The van der Waals surface area contributed by atoms with Crippen LogP contribution in [0.4, 0.5) is 0 Å². The number of rotatable bonds is 5. The van der Waals surface area contributed by atoms with Gasteiger partial charge in [0.25, 0.3) is 5.91 Å². The van der Waals surface area contributed by atoms with E-state index in [-0.39, 0.29) is 5.91 Å². The number of nitrogens with one attached hydrogen (secondary N) is 2. The molecule has 3 rings (SSSR count). The van der Waals surface area contributed by atoms with Crippen molar-refractivity contribution in [3.63, 3.8) is 0 Å². The first kappa shape index (κ1) is 15.5. The first-order valence-electron chi connectivity index (χ1n) is 8.69. The molecule has 1 fully saturated rings. The normalized spacial score (nSPS) is 19.4. The van der Waals surface area contributed by atoms with Gasteiger partial charge in [-0.3, -0.25) is 4.79 Å². The molecule has 0 spiro atoms. The molecular weight excluding hydrogens is 272 g/mol. The molecule has 120 valence electrons. The fourth-order valence-electron chi connectivity index (χ4n) is 4.25. The summed E-state index contributed by atoms with van der Waals surface area (Å²) < 4.78 is 0. The van der Waals surface area contributed by atoms with E-state index in [0.717, 1.165) is 25.2 Å². The van der Waals surface area contributed by atoms with Crippen LogP contribution >= 0.6 is 0 Å². The molecule has 1 aliphatic carbocycles. The number of benzene rings is 1. The molecule has 2 aliphatic rings. The minimum Gasteiger partial charge on any atom is -0.351 e. The average Bonchev–Trinajstić information content (AvgIpc) is 3.12. The second kappa shape index (κ2) is 6.41. The maximum Gasteiger partial charge on any atom is 0.251 e. The third-order valence-electron chi connectivity index (χ3n) is 5.23. The van der Waals surface area contributed by atoms with Crippen LogP contribution < -0.4 is 10.6 Å². The quantitative estimate of drug-likeness (QED) is 0.872. The Morgan fingerprint density at radius 2 is 1.95 bits per heavy atom. The molecule has 0 saturated heterocycles. The summed E-state index contributed by atoms with van der Waals surface area (Å²) in [7, 11) is 0. The van der Waals surface area contributed by atoms with Gasteiger partial charge in [0.05, 0.1) is 0 Å². The molecule has 1 aromatic carbocycles. The predicted octanol–water partition coefficient (Wildman–Crippen LogP) is 3.63. The number of carbonyl (C=O) groups excluding carboxylic acids is 1. The summed E-state index contributed by atoms with van der Waals surface area (Å²) in [5, 5.41) is 6.55. The molecule has 1 saturated carbocycles. The Labute approximate surface area is 133 Å². The van der Waals surface area contributed by atoms with Crippen LogP contribution in [-0.4, -0.2) is 12.5 Å². The van der Waals surface area contributed by atoms with Crippen molar-refractivity contribution >= 4 is 5.91 Å². The van der Waals surface area contributed by atoms with E-state index in [2.05, 4.69) is 36.6 Å². The van der Waals surface area contributed by atoms with E-state index < -0.39 is 0 Å². The van der Waals surface area contributed by atoms with Crippen molar-refractivity contribution in [2.45, 2.75) is 59.0 Å². The van der Waals surface area contributed by atoms with E-state index in [4.69, 9.17) is 0 Å². The van der Waals surface area contributed by atoms with E-state index in [1.807, 2.05) is 6.07 Å². The lowest BCUT2D eigenvalue weighted by Gasteiger charge is -2.31. The minimum absolute atomic E-state index is 0.0877. The highest BCUT2D eigenvalue weighted by Crippen LogP contribution is 2.42. The summed E-state index contributed by atoms with van der Waals surface area (Å²) in [4.78, 5) is 12.5. The standard InChI is InChI=1S/C19H28N2O/c1-14(2)10-19(7-3-4-8-19)13-21-18(22)15-5-6-16-11-20-12-17(16)9-15/h5-6,9,14,20H,3-4,7-8,10-13H2,1-2H3,(H,21,22).